The lowest BCUT2D eigenvalue weighted by molar-refractivity contribution is -0.201. The van der Waals surface area contributed by atoms with E-state index in [0.717, 1.165) is 0 Å². The minimum absolute atomic E-state index is 0.156. The molecule has 0 amide bonds. The second-order valence-electron chi connectivity index (χ2n) is 2.12. The van der Waals surface area contributed by atoms with Gasteiger partial charge in [-0.05, 0) is 6.92 Å². The van der Waals surface area contributed by atoms with E-state index in [0.29, 0.717) is 0 Å². The first-order chi connectivity index (χ1) is 5.48. The zero-order valence-corrected chi connectivity index (χ0v) is 6.57. The Kier molecular flexibility index (Phi) is 4.71. The average Bonchev–Trinajstić information content (AvgIpc) is 1.96. The predicted octanol–water partition coefficient (Wildman–Crippen LogP) is 0.523. The van der Waals surface area contributed by atoms with Crippen LogP contribution < -0.4 is 5.32 Å². The Morgan fingerprint density at radius 1 is 1.50 bits per heavy atom. The summed E-state index contributed by atoms with van der Waals surface area (Å²) >= 11 is 0. The molecule has 0 saturated carbocycles. The molecular weight excluding hydrogens is 171 g/mol. The zero-order valence-electron chi connectivity index (χ0n) is 6.57. The summed E-state index contributed by atoms with van der Waals surface area (Å²) in [6, 6.07) is 0. The topological polar surface area (TPSA) is 32.3 Å². The number of nitrogens with one attached hydrogen (secondary N) is 1. The van der Waals surface area contributed by atoms with E-state index in [4.69, 9.17) is 5.11 Å². The van der Waals surface area contributed by atoms with Gasteiger partial charge < -0.3 is 10.4 Å². The fourth-order valence-electron chi connectivity index (χ4n) is 0.476. The largest absolute Gasteiger partial charge is 0.415 e. The van der Waals surface area contributed by atoms with E-state index in [1.807, 2.05) is 0 Å². The highest BCUT2D eigenvalue weighted by Gasteiger charge is 2.37. The summed E-state index contributed by atoms with van der Waals surface area (Å²) < 4.78 is 34.9. The number of hydrogen-bond acceptors (Lipinski definition) is 2. The first-order valence-corrected chi connectivity index (χ1v) is 3.33. The molecule has 0 saturated heterocycles. The van der Waals surface area contributed by atoms with E-state index in [1.165, 1.54) is 0 Å². The third-order valence-electron chi connectivity index (χ3n) is 1.11. The van der Waals surface area contributed by atoms with Gasteiger partial charge in [-0.2, -0.15) is 13.2 Å². The predicted molar refractivity (Wildman–Crippen MR) is 38.4 cm³/mol. The van der Waals surface area contributed by atoms with Crippen LogP contribution in [0.4, 0.5) is 13.2 Å². The second kappa shape index (κ2) is 5.01. The highest BCUT2D eigenvalue weighted by Crippen LogP contribution is 2.18. The van der Waals surface area contributed by atoms with Gasteiger partial charge >= 0.3 is 6.18 Å². The molecule has 2 nitrogen and oxygen atoms in total. The van der Waals surface area contributed by atoms with Gasteiger partial charge in [0.2, 0.25) is 0 Å². The molecule has 0 aliphatic heterocycles. The van der Waals surface area contributed by atoms with Crippen molar-refractivity contribution in [2.24, 2.45) is 0 Å². The SMILES string of the molecule is CC#CCNCC(O)C(F)(F)F. The van der Waals surface area contributed by atoms with Gasteiger partial charge in [-0.3, -0.25) is 0 Å². The molecule has 1 atom stereocenters. The molecule has 5 heteroatoms. The molecule has 0 bridgehead atoms. The van der Waals surface area contributed by atoms with Crippen LogP contribution in [-0.2, 0) is 0 Å². The summed E-state index contributed by atoms with van der Waals surface area (Å²) in [5, 5.41) is 10.8. The highest BCUT2D eigenvalue weighted by molar-refractivity contribution is 4.97. The Morgan fingerprint density at radius 3 is 2.50 bits per heavy atom. The van der Waals surface area contributed by atoms with Crippen molar-refractivity contribution in [2.45, 2.75) is 19.2 Å². The van der Waals surface area contributed by atoms with E-state index in [9.17, 15) is 13.2 Å². The third-order valence-corrected chi connectivity index (χ3v) is 1.11. The lowest BCUT2D eigenvalue weighted by Crippen LogP contribution is -2.38. The van der Waals surface area contributed by atoms with Gasteiger partial charge in [0.05, 0.1) is 6.54 Å². The molecule has 0 aromatic carbocycles. The number of hydrogen-bond donors (Lipinski definition) is 2. The van der Waals surface area contributed by atoms with Crippen LogP contribution in [-0.4, -0.2) is 30.5 Å². The molecule has 0 aliphatic rings. The molecule has 12 heavy (non-hydrogen) atoms. The van der Waals surface area contributed by atoms with Crippen molar-refractivity contribution in [2.75, 3.05) is 13.1 Å². The molecule has 0 aromatic heterocycles. The van der Waals surface area contributed by atoms with Crippen LogP contribution in [0, 0.1) is 11.8 Å². The van der Waals surface area contributed by atoms with Crippen molar-refractivity contribution in [3.63, 3.8) is 0 Å². The molecule has 0 heterocycles. The Balaban J connectivity index is 3.55. The maximum Gasteiger partial charge on any atom is 0.415 e. The van der Waals surface area contributed by atoms with Gasteiger partial charge in [0.1, 0.15) is 0 Å². The van der Waals surface area contributed by atoms with Gasteiger partial charge in [0.15, 0.2) is 6.10 Å². The minimum atomic E-state index is -4.55. The summed E-state index contributed by atoms with van der Waals surface area (Å²) in [7, 11) is 0. The summed E-state index contributed by atoms with van der Waals surface area (Å²) in [4.78, 5) is 0. The number of rotatable bonds is 3. The molecule has 0 aromatic rings. The molecule has 1 unspecified atom stereocenters. The van der Waals surface area contributed by atoms with Crippen LogP contribution >= 0.6 is 0 Å². The molecular formula is C7H10F3NO. The quantitative estimate of drug-likeness (QED) is 0.491. The van der Waals surface area contributed by atoms with Gasteiger partial charge in [-0.15, -0.1) is 5.92 Å². The van der Waals surface area contributed by atoms with E-state index < -0.39 is 18.8 Å². The lowest BCUT2D eigenvalue weighted by Gasteiger charge is -2.13. The van der Waals surface area contributed by atoms with Gasteiger partial charge in [-0.25, -0.2) is 0 Å². The van der Waals surface area contributed by atoms with Crippen molar-refractivity contribution < 1.29 is 18.3 Å². The number of aliphatic hydroxyl groups is 1. The Labute approximate surface area is 68.8 Å². The Hall–Kier alpha value is -0.730. The van der Waals surface area contributed by atoms with Crippen LogP contribution in [0.3, 0.4) is 0 Å². The number of alkyl halides is 3. The van der Waals surface area contributed by atoms with Crippen LogP contribution in [0.5, 0.6) is 0 Å². The zero-order chi connectivity index (χ0) is 9.61. The normalized spacial score (nSPS) is 13.4. The van der Waals surface area contributed by atoms with E-state index in [2.05, 4.69) is 17.2 Å². The monoisotopic (exact) mass is 181 g/mol. The van der Waals surface area contributed by atoms with Crippen LogP contribution in [0.25, 0.3) is 0 Å². The van der Waals surface area contributed by atoms with E-state index >= 15 is 0 Å². The number of aliphatic hydroxyl groups excluding tert-OH is 1. The highest BCUT2D eigenvalue weighted by atomic mass is 19.4. The summed E-state index contributed by atoms with van der Waals surface area (Å²) in [5.41, 5.74) is 0. The van der Waals surface area contributed by atoms with Crippen molar-refractivity contribution in [1.82, 2.24) is 5.32 Å². The van der Waals surface area contributed by atoms with Crippen molar-refractivity contribution in [1.29, 1.82) is 0 Å². The standard InChI is InChI=1S/C7H10F3NO/c1-2-3-4-11-5-6(12)7(8,9)10/h6,11-12H,4-5H2,1H3. The molecule has 70 valence electrons. The summed E-state index contributed by atoms with van der Waals surface area (Å²) in [5.74, 6) is 5.02. The summed E-state index contributed by atoms with van der Waals surface area (Å²) in [6.07, 6.45) is -6.86. The smallest absolute Gasteiger partial charge is 0.382 e. The van der Waals surface area contributed by atoms with Gasteiger partial charge in [0, 0.05) is 6.54 Å². The maximum absolute atomic E-state index is 11.6. The molecule has 0 fully saturated rings. The average molecular weight is 181 g/mol. The van der Waals surface area contributed by atoms with Crippen LogP contribution in [0.2, 0.25) is 0 Å². The van der Waals surface area contributed by atoms with Crippen molar-refractivity contribution >= 4 is 0 Å². The van der Waals surface area contributed by atoms with Gasteiger partial charge in [0.25, 0.3) is 0 Å². The summed E-state index contributed by atoms with van der Waals surface area (Å²) in [6.45, 7) is 1.23. The van der Waals surface area contributed by atoms with Crippen LogP contribution in [0.15, 0.2) is 0 Å². The Bertz CT molecular complexity index is 179. The lowest BCUT2D eigenvalue weighted by atomic mass is 10.3. The van der Waals surface area contributed by atoms with E-state index in [-0.39, 0.29) is 6.54 Å². The first-order valence-electron chi connectivity index (χ1n) is 3.33. The second-order valence-corrected chi connectivity index (χ2v) is 2.12. The van der Waals surface area contributed by atoms with Gasteiger partial charge in [-0.1, -0.05) is 5.92 Å². The molecule has 0 aliphatic carbocycles. The first kappa shape index (κ1) is 11.3. The number of halogens is 3. The minimum Gasteiger partial charge on any atom is -0.382 e. The fraction of sp³-hybridized carbons (Fsp3) is 0.714. The fourth-order valence-corrected chi connectivity index (χ4v) is 0.476. The van der Waals surface area contributed by atoms with E-state index in [1.54, 1.807) is 6.92 Å². The van der Waals surface area contributed by atoms with Crippen molar-refractivity contribution in [3.05, 3.63) is 0 Å². The molecule has 0 rings (SSSR count). The molecule has 0 radical (unpaired) electrons. The van der Waals surface area contributed by atoms with Crippen LogP contribution in [0.1, 0.15) is 6.92 Å². The van der Waals surface area contributed by atoms with Crippen molar-refractivity contribution in [3.8, 4) is 11.8 Å². The molecule has 2 N–H and O–H groups in total. The molecule has 0 spiro atoms. The third kappa shape index (κ3) is 4.99. The Morgan fingerprint density at radius 2 is 2.08 bits per heavy atom. The maximum atomic E-state index is 11.6.